The van der Waals surface area contributed by atoms with E-state index >= 15 is 0 Å². The van der Waals surface area contributed by atoms with E-state index in [1.165, 1.54) is 28.8 Å². The first-order valence-electron chi connectivity index (χ1n) is 16.4. The van der Waals surface area contributed by atoms with Crippen LogP contribution in [0.3, 0.4) is 0 Å². The Bertz CT molecular complexity index is 2250. The largest absolute Gasteiger partial charge is 0.416 e. The lowest BCUT2D eigenvalue weighted by Crippen LogP contribution is -2.19. The molecule has 0 N–H and O–H groups in total. The summed E-state index contributed by atoms with van der Waals surface area (Å²) in [5, 5.41) is 2.25. The number of anilines is 5. The molecule has 0 bridgehead atoms. The Morgan fingerprint density at radius 3 is 1.53 bits per heavy atom. The molecule has 246 valence electrons. The third-order valence-corrected chi connectivity index (χ3v) is 9.84. The molecule has 0 aliphatic rings. The van der Waals surface area contributed by atoms with Crippen molar-refractivity contribution in [2.45, 2.75) is 32.4 Å². The van der Waals surface area contributed by atoms with Crippen LogP contribution < -0.4 is 9.80 Å². The third-order valence-electron chi connectivity index (χ3n) is 9.84. The molecule has 0 saturated carbocycles. The molecule has 3 nitrogen and oxygen atoms in total. The number of benzene rings is 6. The first-order chi connectivity index (χ1) is 23.4. The van der Waals surface area contributed by atoms with Crippen molar-refractivity contribution in [3.05, 3.63) is 162 Å². The lowest BCUT2D eigenvalue weighted by molar-refractivity contribution is -0.137. The third kappa shape index (κ3) is 5.92. The van der Waals surface area contributed by atoms with Crippen molar-refractivity contribution < 1.29 is 13.2 Å². The highest BCUT2D eigenvalue weighted by atomic mass is 19.4. The van der Waals surface area contributed by atoms with Gasteiger partial charge in [0.05, 0.1) is 16.6 Å². The van der Waals surface area contributed by atoms with Gasteiger partial charge in [-0.05, 0) is 90.8 Å². The zero-order valence-electron chi connectivity index (χ0n) is 28.3. The predicted octanol–water partition coefficient (Wildman–Crippen LogP) is 12.2. The molecule has 0 atom stereocenters. The number of hydrogen-bond acceptors (Lipinski definition) is 2. The van der Waals surface area contributed by atoms with Crippen LogP contribution in [0.4, 0.5) is 41.6 Å². The van der Waals surface area contributed by atoms with Gasteiger partial charge in [-0.25, -0.2) is 0 Å². The number of halogens is 3. The molecule has 6 aromatic carbocycles. The monoisotopic (exact) mass is 653 g/mol. The lowest BCUT2D eigenvalue weighted by atomic mass is 9.78. The first kappa shape index (κ1) is 32.1. The Balaban J connectivity index is 1.26. The number of alkyl halides is 3. The maximum Gasteiger partial charge on any atom is 0.416 e. The van der Waals surface area contributed by atoms with Gasteiger partial charge >= 0.3 is 6.18 Å². The summed E-state index contributed by atoms with van der Waals surface area (Å²) in [6, 6.07) is 46.1. The van der Waals surface area contributed by atoms with Gasteiger partial charge in [-0.15, -0.1) is 0 Å². The van der Waals surface area contributed by atoms with Crippen molar-refractivity contribution >= 4 is 50.2 Å². The number of para-hydroxylation sites is 1. The molecule has 0 aliphatic heterocycles. The van der Waals surface area contributed by atoms with Crippen LogP contribution in [-0.4, -0.2) is 11.6 Å². The second-order valence-electron chi connectivity index (χ2n) is 13.3. The summed E-state index contributed by atoms with van der Waals surface area (Å²) < 4.78 is 41.6. The molecule has 0 aliphatic carbocycles. The van der Waals surface area contributed by atoms with Gasteiger partial charge in [0.25, 0.3) is 0 Å². The molecule has 7 rings (SSSR count). The van der Waals surface area contributed by atoms with Gasteiger partial charge < -0.3 is 14.4 Å². The van der Waals surface area contributed by atoms with Crippen molar-refractivity contribution in [3.63, 3.8) is 0 Å². The Morgan fingerprint density at radius 2 is 0.959 bits per heavy atom. The molecule has 0 saturated heterocycles. The normalized spacial score (nSPS) is 12.1. The summed E-state index contributed by atoms with van der Waals surface area (Å²) in [7, 11) is 3.93. The topological polar surface area (TPSA) is 11.4 Å². The van der Waals surface area contributed by atoms with Crippen LogP contribution in [0.1, 0.15) is 36.1 Å². The molecule has 1 heterocycles. The summed E-state index contributed by atoms with van der Waals surface area (Å²) in [6.45, 7) is 6.65. The molecule has 0 spiro atoms. The van der Waals surface area contributed by atoms with Crippen molar-refractivity contribution in [1.82, 2.24) is 4.57 Å². The zero-order chi connectivity index (χ0) is 34.5. The van der Waals surface area contributed by atoms with Crippen LogP contribution in [-0.2, 0) is 18.6 Å². The summed E-state index contributed by atoms with van der Waals surface area (Å²) in [6.07, 6.45) is -4.36. The average molecular weight is 654 g/mol. The van der Waals surface area contributed by atoms with Gasteiger partial charge in [0.2, 0.25) is 0 Å². The summed E-state index contributed by atoms with van der Waals surface area (Å²) in [4.78, 5) is 4.19. The summed E-state index contributed by atoms with van der Waals surface area (Å²) in [5.74, 6) is 0. The second-order valence-corrected chi connectivity index (χ2v) is 13.3. The van der Waals surface area contributed by atoms with Gasteiger partial charge in [0.1, 0.15) is 0 Å². The minimum atomic E-state index is -4.36. The maximum absolute atomic E-state index is 13.1. The number of fused-ring (bicyclic) bond motifs is 3. The van der Waals surface area contributed by atoms with Crippen LogP contribution in [0.25, 0.3) is 21.8 Å². The van der Waals surface area contributed by atoms with Gasteiger partial charge in [0, 0.05) is 58.7 Å². The van der Waals surface area contributed by atoms with Gasteiger partial charge in [-0.2, -0.15) is 13.2 Å². The fourth-order valence-corrected chi connectivity index (χ4v) is 6.74. The maximum atomic E-state index is 13.1. The minimum absolute atomic E-state index is 0.148. The van der Waals surface area contributed by atoms with E-state index in [2.05, 4.69) is 140 Å². The minimum Gasteiger partial charge on any atom is -0.345 e. The van der Waals surface area contributed by atoms with E-state index < -0.39 is 11.7 Å². The molecule has 0 radical (unpaired) electrons. The Kier molecular flexibility index (Phi) is 7.98. The molecule has 49 heavy (non-hydrogen) atoms. The second kappa shape index (κ2) is 12.2. The van der Waals surface area contributed by atoms with Crippen LogP contribution in [0, 0.1) is 6.92 Å². The molecule has 0 fully saturated rings. The number of hydrogen-bond donors (Lipinski definition) is 0. The van der Waals surface area contributed by atoms with Gasteiger partial charge in [0.15, 0.2) is 0 Å². The van der Waals surface area contributed by atoms with E-state index in [0.29, 0.717) is 5.69 Å². The molecule has 6 heteroatoms. The lowest BCUT2D eigenvalue weighted by Gasteiger charge is -2.29. The zero-order valence-corrected chi connectivity index (χ0v) is 28.3. The Labute approximate surface area is 285 Å². The number of aryl methyl sites for hydroxylation is 2. The quantitative estimate of drug-likeness (QED) is 0.170. The summed E-state index contributed by atoms with van der Waals surface area (Å²) >= 11 is 0. The van der Waals surface area contributed by atoms with Crippen molar-refractivity contribution in [2.75, 3.05) is 16.8 Å². The predicted molar refractivity (Wildman–Crippen MR) is 198 cm³/mol. The standard InChI is InChI=1S/C43H38F3N3/c1-29-11-13-30(14-12-29)42(2,3)31-15-21-35(22-16-31)49(34-9-7-6-8-10-34)37-24-26-39-38-25-23-36(27-40(38)48(5)41(39)28-37)47(4)33-19-17-32(18-20-33)43(44,45)46/h6-28H,1-5H3. The number of nitrogens with zero attached hydrogens (tertiary/aromatic N) is 3. The highest BCUT2D eigenvalue weighted by molar-refractivity contribution is 6.10. The summed E-state index contributed by atoms with van der Waals surface area (Å²) in [5.41, 5.74) is 9.83. The van der Waals surface area contributed by atoms with E-state index in [1.807, 2.05) is 24.1 Å². The van der Waals surface area contributed by atoms with E-state index in [4.69, 9.17) is 0 Å². The fourth-order valence-electron chi connectivity index (χ4n) is 6.74. The van der Waals surface area contributed by atoms with Crippen LogP contribution in [0.2, 0.25) is 0 Å². The highest BCUT2D eigenvalue weighted by Crippen LogP contribution is 2.41. The van der Waals surface area contributed by atoms with Gasteiger partial charge in [-0.1, -0.05) is 86.1 Å². The average Bonchev–Trinajstić information content (AvgIpc) is 3.39. The highest BCUT2D eigenvalue weighted by Gasteiger charge is 2.30. The SMILES string of the molecule is Cc1ccc(C(C)(C)c2ccc(N(c3ccccc3)c3ccc4c5ccc(N(C)c6ccc(C(F)(F)F)cc6)cc5n(C)c4c3)cc2)cc1. The molecule has 0 unspecified atom stereocenters. The smallest absolute Gasteiger partial charge is 0.345 e. The van der Waals surface area contributed by atoms with Crippen molar-refractivity contribution in [2.24, 2.45) is 7.05 Å². The van der Waals surface area contributed by atoms with Crippen molar-refractivity contribution in [3.8, 4) is 0 Å². The first-order valence-corrected chi connectivity index (χ1v) is 16.4. The van der Waals surface area contributed by atoms with E-state index in [1.54, 1.807) is 0 Å². The number of aromatic nitrogens is 1. The van der Waals surface area contributed by atoms with Crippen LogP contribution in [0.15, 0.2) is 140 Å². The molecular weight excluding hydrogens is 615 g/mol. The number of rotatable bonds is 7. The van der Waals surface area contributed by atoms with Gasteiger partial charge in [-0.3, -0.25) is 0 Å². The van der Waals surface area contributed by atoms with E-state index in [-0.39, 0.29) is 5.41 Å². The fraction of sp³-hybridized carbons (Fsp3) is 0.163. The molecule has 1 aromatic heterocycles. The Hall–Kier alpha value is -5.49. The Morgan fingerprint density at radius 1 is 0.510 bits per heavy atom. The van der Waals surface area contributed by atoms with Crippen molar-refractivity contribution in [1.29, 1.82) is 0 Å². The van der Waals surface area contributed by atoms with E-state index in [9.17, 15) is 13.2 Å². The molecule has 0 amide bonds. The van der Waals surface area contributed by atoms with Crippen LogP contribution in [0.5, 0.6) is 0 Å². The molecular formula is C43H38F3N3. The van der Waals surface area contributed by atoms with E-state index in [0.717, 1.165) is 56.7 Å². The molecule has 7 aromatic rings. The van der Waals surface area contributed by atoms with Crippen LogP contribution >= 0.6 is 0 Å².